The van der Waals surface area contributed by atoms with Gasteiger partial charge in [0.25, 0.3) is 0 Å². The Hall–Kier alpha value is -1.89. The molecule has 7 heteroatoms. The van der Waals surface area contributed by atoms with Crippen LogP contribution in [0.4, 0.5) is 8.78 Å². The van der Waals surface area contributed by atoms with Crippen LogP contribution in [0.3, 0.4) is 0 Å². The monoisotopic (exact) mass is 288 g/mol. The third-order valence-electron chi connectivity index (χ3n) is 2.63. The van der Waals surface area contributed by atoms with Gasteiger partial charge < -0.3 is 20.1 Å². The Morgan fingerprint density at radius 2 is 2.05 bits per heavy atom. The number of nitrogens with two attached hydrogens (primary N) is 1. The van der Waals surface area contributed by atoms with E-state index in [2.05, 4.69) is 4.74 Å². The fraction of sp³-hybridized carbons (Fsp3) is 0.462. The smallest absolute Gasteiger partial charge is 0.387 e. The van der Waals surface area contributed by atoms with Gasteiger partial charge in [0.15, 0.2) is 11.5 Å². The average molecular weight is 288 g/mol. The van der Waals surface area contributed by atoms with Gasteiger partial charge in [-0.1, -0.05) is 6.07 Å². The summed E-state index contributed by atoms with van der Waals surface area (Å²) in [4.78, 5) is 13.1. The molecule has 112 valence electrons. The van der Waals surface area contributed by atoms with Gasteiger partial charge in [0.2, 0.25) is 5.91 Å². The molecule has 5 nitrogen and oxygen atoms in total. The summed E-state index contributed by atoms with van der Waals surface area (Å²) in [6, 6.07) is 3.98. The number of halogens is 2. The number of methoxy groups -OCH3 is 1. The minimum Gasteiger partial charge on any atom is -0.493 e. The highest BCUT2D eigenvalue weighted by molar-refractivity contribution is 5.80. The van der Waals surface area contributed by atoms with Gasteiger partial charge in [-0.05, 0) is 24.6 Å². The number of carbonyl (C=O) groups is 1. The van der Waals surface area contributed by atoms with Crippen molar-refractivity contribution in [3.05, 3.63) is 23.8 Å². The second-order valence-corrected chi connectivity index (χ2v) is 4.35. The van der Waals surface area contributed by atoms with Crippen LogP contribution in [-0.2, 0) is 11.3 Å². The van der Waals surface area contributed by atoms with Crippen molar-refractivity contribution in [2.24, 2.45) is 5.73 Å². The zero-order valence-corrected chi connectivity index (χ0v) is 11.6. The van der Waals surface area contributed by atoms with Crippen molar-refractivity contribution in [1.29, 1.82) is 0 Å². The van der Waals surface area contributed by atoms with Gasteiger partial charge in [-0.3, -0.25) is 4.79 Å². The lowest BCUT2D eigenvalue weighted by molar-refractivity contribution is -0.131. The van der Waals surface area contributed by atoms with Crippen molar-refractivity contribution in [3.8, 4) is 11.5 Å². The van der Waals surface area contributed by atoms with Crippen LogP contribution in [0.1, 0.15) is 12.5 Å². The van der Waals surface area contributed by atoms with Crippen molar-refractivity contribution >= 4 is 5.91 Å². The number of ether oxygens (including phenoxy) is 2. The quantitative estimate of drug-likeness (QED) is 0.863. The summed E-state index contributed by atoms with van der Waals surface area (Å²) in [6.45, 7) is -1.12. The molecule has 1 amide bonds. The lowest BCUT2D eigenvalue weighted by Crippen LogP contribution is -2.39. The van der Waals surface area contributed by atoms with Gasteiger partial charge in [-0.15, -0.1) is 0 Å². The van der Waals surface area contributed by atoms with Crippen LogP contribution in [0.2, 0.25) is 0 Å². The Kier molecular flexibility index (Phi) is 5.69. The largest absolute Gasteiger partial charge is 0.493 e. The first-order chi connectivity index (χ1) is 9.35. The summed E-state index contributed by atoms with van der Waals surface area (Å²) in [6.07, 6.45) is 0. The molecule has 1 aromatic rings. The fourth-order valence-corrected chi connectivity index (χ4v) is 1.71. The molecule has 0 spiro atoms. The number of carbonyl (C=O) groups excluding carboxylic acids is 1. The van der Waals surface area contributed by atoms with E-state index in [-0.39, 0.29) is 24.0 Å². The van der Waals surface area contributed by atoms with Crippen LogP contribution in [0, 0.1) is 0 Å². The van der Waals surface area contributed by atoms with Gasteiger partial charge in [-0.2, -0.15) is 8.78 Å². The maximum absolute atomic E-state index is 12.3. The lowest BCUT2D eigenvalue weighted by Gasteiger charge is -2.20. The van der Waals surface area contributed by atoms with Gasteiger partial charge >= 0.3 is 6.61 Å². The van der Waals surface area contributed by atoms with Crippen LogP contribution in [0.25, 0.3) is 0 Å². The highest BCUT2D eigenvalue weighted by Crippen LogP contribution is 2.29. The SMILES string of the molecule is COc1ccc(CN(C)C(=O)[C@H](C)N)cc1OC(F)F. The molecule has 0 aliphatic carbocycles. The molecule has 20 heavy (non-hydrogen) atoms. The van der Waals surface area contributed by atoms with Crippen LogP contribution < -0.4 is 15.2 Å². The van der Waals surface area contributed by atoms with Crippen molar-refractivity contribution < 1.29 is 23.0 Å². The van der Waals surface area contributed by atoms with Crippen molar-refractivity contribution in [2.75, 3.05) is 14.2 Å². The standard InChI is InChI=1S/C13H18F2N2O3/c1-8(16)12(18)17(2)7-9-4-5-10(19-3)11(6-9)20-13(14)15/h4-6,8,13H,7,16H2,1-3H3/t8-/m0/s1. The summed E-state index contributed by atoms with van der Waals surface area (Å²) < 4.78 is 33.9. The second kappa shape index (κ2) is 7.04. The molecule has 0 unspecified atom stereocenters. The number of amides is 1. The number of nitrogens with zero attached hydrogens (tertiary/aromatic N) is 1. The molecule has 1 atom stereocenters. The molecule has 1 rings (SSSR count). The highest BCUT2D eigenvalue weighted by Gasteiger charge is 2.16. The molecule has 0 saturated carbocycles. The molecule has 0 aliphatic rings. The Balaban J connectivity index is 2.88. The summed E-state index contributed by atoms with van der Waals surface area (Å²) in [5.74, 6) is -0.103. The Morgan fingerprint density at radius 1 is 1.40 bits per heavy atom. The number of likely N-dealkylation sites (N-methyl/N-ethyl adjacent to an activating group) is 1. The molecule has 0 bridgehead atoms. The molecule has 0 fully saturated rings. The van der Waals surface area contributed by atoms with E-state index in [1.54, 1.807) is 20.0 Å². The molecule has 2 N–H and O–H groups in total. The third-order valence-corrected chi connectivity index (χ3v) is 2.63. The molecular weight excluding hydrogens is 270 g/mol. The molecule has 0 heterocycles. The van der Waals surface area contributed by atoms with E-state index in [9.17, 15) is 13.6 Å². The number of rotatable bonds is 6. The molecule has 1 aromatic carbocycles. The first kappa shape index (κ1) is 16.2. The zero-order valence-electron chi connectivity index (χ0n) is 11.6. The van der Waals surface area contributed by atoms with E-state index in [4.69, 9.17) is 10.5 Å². The van der Waals surface area contributed by atoms with E-state index < -0.39 is 12.7 Å². The van der Waals surface area contributed by atoms with E-state index in [1.807, 2.05) is 0 Å². The van der Waals surface area contributed by atoms with E-state index in [0.29, 0.717) is 5.56 Å². The summed E-state index contributed by atoms with van der Waals surface area (Å²) in [5, 5.41) is 0. The third kappa shape index (κ3) is 4.34. The first-order valence-corrected chi connectivity index (χ1v) is 5.97. The Bertz CT molecular complexity index is 467. The number of hydrogen-bond acceptors (Lipinski definition) is 4. The molecule has 0 aromatic heterocycles. The first-order valence-electron chi connectivity index (χ1n) is 5.97. The van der Waals surface area contributed by atoms with Gasteiger partial charge in [0.05, 0.1) is 13.2 Å². The topological polar surface area (TPSA) is 64.8 Å². The van der Waals surface area contributed by atoms with Crippen LogP contribution in [0.5, 0.6) is 11.5 Å². The lowest BCUT2D eigenvalue weighted by atomic mass is 10.2. The summed E-state index contributed by atoms with van der Waals surface area (Å²) in [7, 11) is 2.95. The minimum atomic E-state index is -2.94. The normalized spacial score (nSPS) is 12.2. The number of benzene rings is 1. The summed E-state index contributed by atoms with van der Waals surface area (Å²) >= 11 is 0. The van der Waals surface area contributed by atoms with Gasteiger partial charge in [-0.25, -0.2) is 0 Å². The van der Waals surface area contributed by atoms with E-state index in [1.165, 1.54) is 24.1 Å². The van der Waals surface area contributed by atoms with Gasteiger partial charge in [0.1, 0.15) is 0 Å². The molecule has 0 radical (unpaired) electrons. The highest BCUT2D eigenvalue weighted by atomic mass is 19.3. The minimum absolute atomic E-state index is 0.0679. The second-order valence-electron chi connectivity index (χ2n) is 4.35. The van der Waals surface area contributed by atoms with Crippen LogP contribution >= 0.6 is 0 Å². The van der Waals surface area contributed by atoms with Crippen LogP contribution in [0.15, 0.2) is 18.2 Å². The van der Waals surface area contributed by atoms with Gasteiger partial charge in [0, 0.05) is 13.6 Å². The predicted octanol–water partition coefficient (Wildman–Crippen LogP) is 1.60. The van der Waals surface area contributed by atoms with Crippen molar-refractivity contribution in [2.45, 2.75) is 26.1 Å². The zero-order chi connectivity index (χ0) is 15.3. The van der Waals surface area contributed by atoms with Crippen molar-refractivity contribution in [3.63, 3.8) is 0 Å². The van der Waals surface area contributed by atoms with E-state index in [0.717, 1.165) is 0 Å². The van der Waals surface area contributed by atoms with Crippen molar-refractivity contribution in [1.82, 2.24) is 4.90 Å². The Labute approximate surface area is 116 Å². The predicted molar refractivity (Wildman–Crippen MR) is 69.7 cm³/mol. The molecule has 0 aliphatic heterocycles. The average Bonchev–Trinajstić information content (AvgIpc) is 2.37. The number of hydrogen-bond donors (Lipinski definition) is 1. The molecular formula is C13H18F2N2O3. The Morgan fingerprint density at radius 3 is 2.55 bits per heavy atom. The fourth-order valence-electron chi connectivity index (χ4n) is 1.71. The maximum atomic E-state index is 12.3. The number of alkyl halides is 2. The van der Waals surface area contributed by atoms with Crippen LogP contribution in [-0.4, -0.2) is 37.6 Å². The van der Waals surface area contributed by atoms with E-state index >= 15 is 0 Å². The molecule has 0 saturated heterocycles. The summed E-state index contributed by atoms with van der Waals surface area (Å²) in [5.41, 5.74) is 6.13. The maximum Gasteiger partial charge on any atom is 0.387 e.